The molecule has 0 amide bonds. The Morgan fingerprint density at radius 3 is 1.52 bits per heavy atom. The second-order valence-corrected chi connectivity index (χ2v) is 13.0. The van der Waals surface area contributed by atoms with Crippen LogP contribution in [0.1, 0.15) is 54.4 Å². The molecule has 0 spiro atoms. The number of carbonyl (C=O) groups is 2. The third-order valence-corrected chi connectivity index (χ3v) is 9.06. The van der Waals surface area contributed by atoms with Crippen molar-refractivity contribution in [1.29, 1.82) is 0 Å². The molecule has 0 aromatic carbocycles. The quantitative estimate of drug-likeness (QED) is 0.491. The van der Waals surface area contributed by atoms with Crippen LogP contribution in [0.4, 0.5) is 0 Å². The van der Waals surface area contributed by atoms with Gasteiger partial charge >= 0.3 is 11.9 Å². The minimum Gasteiger partial charge on any atom is -0.460 e. The van der Waals surface area contributed by atoms with Crippen molar-refractivity contribution in [2.24, 2.45) is 59.2 Å². The van der Waals surface area contributed by atoms with Crippen molar-refractivity contribution < 1.29 is 23.8 Å². The Hall–Kier alpha value is -1.36. The van der Waals surface area contributed by atoms with Gasteiger partial charge in [0.15, 0.2) is 0 Å². The highest BCUT2D eigenvalue weighted by Crippen LogP contribution is 2.73. The van der Waals surface area contributed by atoms with Crippen LogP contribution in [0.2, 0.25) is 0 Å². The molecule has 6 aliphatic rings. The highest BCUT2D eigenvalue weighted by molar-refractivity contribution is 5.84. The average molecular weight is 429 g/mol. The van der Waals surface area contributed by atoms with Gasteiger partial charge in [-0.1, -0.05) is 12.2 Å². The summed E-state index contributed by atoms with van der Waals surface area (Å²) >= 11 is 0. The van der Waals surface area contributed by atoms with Gasteiger partial charge < -0.3 is 14.2 Å². The van der Waals surface area contributed by atoms with Crippen molar-refractivity contribution in [3.63, 3.8) is 0 Å². The molecular formula is C26H36O5. The Kier molecular flexibility index (Phi) is 4.02. The topological polar surface area (TPSA) is 61.8 Å². The molecule has 6 bridgehead atoms. The van der Waals surface area contributed by atoms with Crippen LogP contribution in [0.5, 0.6) is 0 Å². The van der Waals surface area contributed by atoms with Crippen LogP contribution in [-0.4, -0.2) is 35.3 Å². The zero-order valence-corrected chi connectivity index (χ0v) is 19.5. The molecule has 31 heavy (non-hydrogen) atoms. The van der Waals surface area contributed by atoms with Gasteiger partial charge in [0, 0.05) is 0 Å². The Bertz CT molecular complexity index is 781. The summed E-state index contributed by atoms with van der Waals surface area (Å²) in [7, 11) is 0. The molecule has 0 radical (unpaired) electrons. The van der Waals surface area contributed by atoms with Crippen LogP contribution in [0.3, 0.4) is 0 Å². The van der Waals surface area contributed by atoms with Crippen LogP contribution in [0.25, 0.3) is 0 Å². The van der Waals surface area contributed by atoms with Crippen molar-refractivity contribution in [3.8, 4) is 0 Å². The molecule has 2 saturated heterocycles. The van der Waals surface area contributed by atoms with Gasteiger partial charge in [-0.25, -0.2) is 0 Å². The molecule has 170 valence electrons. The number of ether oxygens (including phenoxy) is 3. The highest BCUT2D eigenvalue weighted by Gasteiger charge is 2.76. The molecule has 4 aliphatic carbocycles. The molecule has 6 rings (SSSR count). The summed E-state index contributed by atoms with van der Waals surface area (Å²) in [5.74, 6) is 2.37. The van der Waals surface area contributed by atoms with Crippen molar-refractivity contribution in [2.45, 2.75) is 77.8 Å². The number of rotatable bonds is 2. The summed E-state index contributed by atoms with van der Waals surface area (Å²) in [6.07, 6.45) is 7.52. The lowest BCUT2D eigenvalue weighted by Crippen LogP contribution is -2.52. The lowest BCUT2D eigenvalue weighted by atomic mass is 9.57. The number of esters is 2. The molecule has 2 heterocycles. The maximum atomic E-state index is 13.4. The van der Waals surface area contributed by atoms with Crippen LogP contribution >= 0.6 is 0 Å². The molecule has 12 atom stereocenters. The standard InChI is InChI=1S/C26H36O5/c1-25(2,3)30-23(27)19-13-10-14(20(19)24(28)31-26(4,5)6)18-17(13)21-15-11-7-8-12(9-11)16(15)22(18)29-21/h7-8,11-22H,9-10H2,1-6H3. The van der Waals surface area contributed by atoms with Gasteiger partial charge in [0.2, 0.25) is 0 Å². The molecule has 0 aromatic rings. The molecular weight excluding hydrogens is 392 g/mol. The molecule has 5 nitrogen and oxygen atoms in total. The van der Waals surface area contributed by atoms with Crippen LogP contribution in [0, 0.1) is 59.2 Å². The van der Waals surface area contributed by atoms with E-state index in [1.54, 1.807) is 0 Å². The van der Waals surface area contributed by atoms with E-state index in [4.69, 9.17) is 14.2 Å². The van der Waals surface area contributed by atoms with E-state index in [0.29, 0.717) is 35.5 Å². The van der Waals surface area contributed by atoms with Crippen molar-refractivity contribution in [3.05, 3.63) is 12.2 Å². The third-order valence-electron chi connectivity index (χ3n) is 9.06. The van der Waals surface area contributed by atoms with Gasteiger partial charge in [-0.3, -0.25) is 9.59 Å². The Morgan fingerprint density at radius 1 is 0.710 bits per heavy atom. The van der Waals surface area contributed by atoms with Crippen LogP contribution in [0.15, 0.2) is 12.2 Å². The zero-order chi connectivity index (χ0) is 22.0. The minimum absolute atomic E-state index is 0.168. The predicted molar refractivity (Wildman–Crippen MR) is 114 cm³/mol. The van der Waals surface area contributed by atoms with E-state index in [-0.39, 0.29) is 36.0 Å². The second-order valence-electron chi connectivity index (χ2n) is 13.0. The maximum absolute atomic E-state index is 13.4. The molecule has 5 fully saturated rings. The Balaban J connectivity index is 1.34. The fourth-order valence-corrected chi connectivity index (χ4v) is 8.69. The molecule has 12 unspecified atom stereocenters. The van der Waals surface area contributed by atoms with E-state index in [0.717, 1.165) is 6.42 Å². The van der Waals surface area contributed by atoms with Crippen molar-refractivity contribution in [1.82, 2.24) is 0 Å². The van der Waals surface area contributed by atoms with E-state index >= 15 is 0 Å². The lowest BCUT2D eigenvalue weighted by molar-refractivity contribution is -0.179. The van der Waals surface area contributed by atoms with Gasteiger partial charge in [-0.2, -0.15) is 0 Å². The SMILES string of the molecule is CC(C)(C)OC(=O)C1C2CC(C1C(=O)OC(C)(C)C)C1C3OC(C4C5C=CC(C5)C34)C21. The highest BCUT2D eigenvalue weighted by atomic mass is 16.6. The number of hydrogen-bond donors (Lipinski definition) is 0. The first kappa shape index (κ1) is 20.3. The van der Waals surface area contributed by atoms with Crippen molar-refractivity contribution >= 4 is 11.9 Å². The predicted octanol–water partition coefficient (Wildman–Crippen LogP) is 4.00. The van der Waals surface area contributed by atoms with Crippen LogP contribution in [-0.2, 0) is 23.8 Å². The monoisotopic (exact) mass is 428 g/mol. The largest absolute Gasteiger partial charge is 0.460 e. The number of carbonyl (C=O) groups excluding carboxylic acids is 2. The van der Waals surface area contributed by atoms with Crippen molar-refractivity contribution in [2.75, 3.05) is 0 Å². The molecule has 3 saturated carbocycles. The van der Waals surface area contributed by atoms with E-state index in [1.807, 2.05) is 41.5 Å². The Labute approximate surface area is 185 Å². The average Bonchev–Trinajstić information content (AvgIpc) is 3.43. The first-order valence-corrected chi connectivity index (χ1v) is 12.2. The maximum Gasteiger partial charge on any atom is 0.310 e. The normalized spacial score (nSPS) is 50.6. The first-order valence-electron chi connectivity index (χ1n) is 12.2. The van der Waals surface area contributed by atoms with E-state index in [9.17, 15) is 9.59 Å². The van der Waals surface area contributed by atoms with E-state index < -0.39 is 23.0 Å². The molecule has 0 N–H and O–H groups in total. The fourth-order valence-electron chi connectivity index (χ4n) is 8.69. The van der Waals surface area contributed by atoms with Gasteiger partial charge in [0.05, 0.1) is 24.0 Å². The van der Waals surface area contributed by atoms with Crippen LogP contribution < -0.4 is 0 Å². The zero-order valence-electron chi connectivity index (χ0n) is 19.5. The summed E-state index contributed by atoms with van der Waals surface area (Å²) in [6, 6.07) is 0. The second kappa shape index (κ2) is 6.15. The van der Waals surface area contributed by atoms with Gasteiger partial charge in [-0.05, 0) is 102 Å². The summed E-state index contributed by atoms with van der Waals surface area (Å²) < 4.78 is 18.4. The first-order chi connectivity index (χ1) is 14.4. The van der Waals surface area contributed by atoms with E-state index in [1.165, 1.54) is 6.42 Å². The number of hydrogen-bond acceptors (Lipinski definition) is 5. The third kappa shape index (κ3) is 2.77. The molecule has 0 aromatic heterocycles. The molecule has 5 heteroatoms. The molecule has 2 aliphatic heterocycles. The van der Waals surface area contributed by atoms with Gasteiger partial charge in [-0.15, -0.1) is 0 Å². The number of allylic oxidation sites excluding steroid dienone is 2. The smallest absolute Gasteiger partial charge is 0.310 e. The summed E-state index contributed by atoms with van der Waals surface area (Å²) in [5.41, 5.74) is -1.13. The van der Waals surface area contributed by atoms with Gasteiger partial charge in [0.25, 0.3) is 0 Å². The van der Waals surface area contributed by atoms with E-state index in [2.05, 4.69) is 12.2 Å². The fraction of sp³-hybridized carbons (Fsp3) is 0.846. The summed E-state index contributed by atoms with van der Waals surface area (Å²) in [4.78, 5) is 26.8. The number of fused-ring (bicyclic) bond motifs is 16. The minimum atomic E-state index is -0.567. The summed E-state index contributed by atoms with van der Waals surface area (Å²) in [5, 5.41) is 0. The lowest BCUT2D eigenvalue weighted by Gasteiger charge is -2.45. The Morgan fingerprint density at radius 2 is 1.13 bits per heavy atom. The summed E-state index contributed by atoms with van der Waals surface area (Å²) in [6.45, 7) is 11.4. The van der Waals surface area contributed by atoms with Gasteiger partial charge in [0.1, 0.15) is 11.2 Å².